The lowest BCUT2D eigenvalue weighted by molar-refractivity contribution is -0.339. The first kappa shape index (κ1) is 15.9. The van der Waals surface area contributed by atoms with E-state index in [0.717, 1.165) is 62.5 Å². The van der Waals surface area contributed by atoms with Gasteiger partial charge in [0, 0.05) is 0 Å². The number of hydrogen-bond donors (Lipinski definition) is 2. The summed E-state index contributed by atoms with van der Waals surface area (Å²) in [5.74, 6) is 0. The van der Waals surface area contributed by atoms with Gasteiger partial charge in [-0.05, 0) is 42.9 Å². The van der Waals surface area contributed by atoms with E-state index < -0.39 is 11.2 Å². The molecule has 2 N–H and O–H groups in total. The van der Waals surface area contributed by atoms with E-state index in [1.807, 2.05) is 18.2 Å². The summed E-state index contributed by atoms with van der Waals surface area (Å²) in [5.41, 5.74) is 0.794. The van der Waals surface area contributed by atoms with Crippen molar-refractivity contribution < 1.29 is 20.3 Å². The van der Waals surface area contributed by atoms with Gasteiger partial charge in [-0.2, -0.15) is 0 Å². The maximum atomic E-state index is 9.54. The molecule has 122 valence electrons. The molecule has 22 heavy (non-hydrogen) atoms. The molecule has 2 aliphatic rings. The van der Waals surface area contributed by atoms with Gasteiger partial charge in [-0.25, -0.2) is 9.78 Å². The van der Waals surface area contributed by atoms with E-state index in [1.165, 1.54) is 12.8 Å². The topological polar surface area (TPSA) is 58.9 Å². The summed E-state index contributed by atoms with van der Waals surface area (Å²) < 4.78 is 0. The zero-order valence-electron chi connectivity index (χ0n) is 13.1. The van der Waals surface area contributed by atoms with Crippen LogP contribution in [0, 0.1) is 0 Å². The number of rotatable bonds is 4. The summed E-state index contributed by atoms with van der Waals surface area (Å²) in [6.45, 7) is 0. The lowest BCUT2D eigenvalue weighted by Gasteiger charge is -2.37. The Morgan fingerprint density at radius 3 is 1.45 bits per heavy atom. The zero-order chi connectivity index (χ0) is 15.5. The van der Waals surface area contributed by atoms with E-state index >= 15 is 0 Å². The van der Waals surface area contributed by atoms with Gasteiger partial charge in [0.15, 0.2) is 0 Å². The maximum absolute atomic E-state index is 9.54. The molecule has 0 radical (unpaired) electrons. The van der Waals surface area contributed by atoms with Crippen LogP contribution in [-0.4, -0.2) is 10.5 Å². The lowest BCUT2D eigenvalue weighted by atomic mass is 9.75. The minimum Gasteiger partial charge on any atom is -0.251 e. The monoisotopic (exact) mass is 306 g/mol. The van der Waals surface area contributed by atoms with Crippen LogP contribution in [0.2, 0.25) is 0 Å². The van der Waals surface area contributed by atoms with Crippen LogP contribution in [0.4, 0.5) is 0 Å². The molecule has 2 saturated carbocycles. The van der Waals surface area contributed by atoms with Crippen LogP contribution < -0.4 is 0 Å². The van der Waals surface area contributed by atoms with Gasteiger partial charge in [0.05, 0.1) is 0 Å². The Kier molecular flexibility index (Phi) is 4.83. The Balaban J connectivity index is 1.94. The molecule has 0 aliphatic heterocycles. The Hall–Kier alpha value is -0.940. The van der Waals surface area contributed by atoms with Crippen molar-refractivity contribution in [2.75, 3.05) is 0 Å². The second kappa shape index (κ2) is 6.67. The predicted octanol–water partition coefficient (Wildman–Crippen LogP) is 4.98. The summed E-state index contributed by atoms with van der Waals surface area (Å²) in [6, 6.07) is 8.07. The largest absolute Gasteiger partial charge is 0.251 e. The molecule has 0 heterocycles. The highest BCUT2D eigenvalue weighted by Gasteiger charge is 2.39. The van der Waals surface area contributed by atoms with Crippen molar-refractivity contribution in [1.82, 2.24) is 0 Å². The van der Waals surface area contributed by atoms with Gasteiger partial charge >= 0.3 is 0 Å². The van der Waals surface area contributed by atoms with Crippen molar-refractivity contribution in [3.8, 4) is 0 Å². The molecule has 1 aromatic carbocycles. The van der Waals surface area contributed by atoms with Gasteiger partial charge in [-0.15, -0.1) is 0 Å². The molecular formula is C18H26O4. The van der Waals surface area contributed by atoms with Crippen molar-refractivity contribution in [3.63, 3.8) is 0 Å². The maximum Gasteiger partial charge on any atom is 0.128 e. The first-order valence-corrected chi connectivity index (χ1v) is 8.51. The highest BCUT2D eigenvalue weighted by atomic mass is 17.1. The van der Waals surface area contributed by atoms with Crippen LogP contribution in [0.1, 0.15) is 75.3 Å². The molecule has 0 bridgehead atoms. The van der Waals surface area contributed by atoms with Crippen LogP contribution in [0.3, 0.4) is 0 Å². The summed E-state index contributed by atoms with van der Waals surface area (Å²) in [4.78, 5) is 9.94. The Morgan fingerprint density at radius 1 is 0.682 bits per heavy atom. The fraction of sp³-hybridized carbons (Fsp3) is 0.667. The minimum atomic E-state index is -0.598. The molecule has 4 nitrogen and oxygen atoms in total. The second-order valence-corrected chi connectivity index (χ2v) is 6.87. The van der Waals surface area contributed by atoms with Crippen LogP contribution >= 0.6 is 0 Å². The van der Waals surface area contributed by atoms with Crippen molar-refractivity contribution in [2.45, 2.75) is 75.4 Å². The van der Waals surface area contributed by atoms with E-state index in [2.05, 4.69) is 6.07 Å². The average molecular weight is 306 g/mol. The van der Waals surface area contributed by atoms with Crippen molar-refractivity contribution in [3.05, 3.63) is 35.4 Å². The molecule has 4 heteroatoms. The van der Waals surface area contributed by atoms with Gasteiger partial charge in [0.2, 0.25) is 0 Å². The summed E-state index contributed by atoms with van der Waals surface area (Å²) >= 11 is 0. The summed E-state index contributed by atoms with van der Waals surface area (Å²) in [7, 11) is 0. The fourth-order valence-corrected chi connectivity index (χ4v) is 4.20. The van der Waals surface area contributed by atoms with E-state index in [9.17, 15) is 10.5 Å². The Morgan fingerprint density at radius 2 is 1.09 bits per heavy atom. The van der Waals surface area contributed by atoms with E-state index in [0.29, 0.717) is 0 Å². The molecule has 0 unspecified atom stereocenters. The molecule has 0 atom stereocenters. The molecule has 0 amide bonds. The van der Waals surface area contributed by atoms with Gasteiger partial charge in [-0.3, -0.25) is 10.5 Å². The van der Waals surface area contributed by atoms with Crippen LogP contribution in [0.5, 0.6) is 0 Å². The van der Waals surface area contributed by atoms with Gasteiger partial charge in [-0.1, -0.05) is 56.7 Å². The molecule has 3 rings (SSSR count). The molecule has 2 fully saturated rings. The molecule has 1 aromatic rings. The molecule has 2 aliphatic carbocycles. The normalized spacial score (nSPS) is 24.1. The zero-order valence-corrected chi connectivity index (χ0v) is 13.1. The highest BCUT2D eigenvalue weighted by Crippen LogP contribution is 2.44. The predicted molar refractivity (Wildman–Crippen MR) is 83.4 cm³/mol. The molecule has 0 spiro atoms. The summed E-state index contributed by atoms with van der Waals surface area (Å²) in [6.07, 6.45) is 9.96. The Labute approximate surface area is 131 Å². The van der Waals surface area contributed by atoms with Crippen molar-refractivity contribution in [1.29, 1.82) is 0 Å². The van der Waals surface area contributed by atoms with Crippen molar-refractivity contribution in [2.24, 2.45) is 0 Å². The van der Waals surface area contributed by atoms with Crippen LogP contribution in [-0.2, 0) is 21.0 Å². The SMILES string of the molecule is OOC1(c2cccc(C3(OO)CCCCC3)c2)CCCCC1. The lowest BCUT2D eigenvalue weighted by Crippen LogP contribution is -2.34. The van der Waals surface area contributed by atoms with E-state index in [4.69, 9.17) is 9.78 Å². The molecular weight excluding hydrogens is 280 g/mol. The standard InChI is InChI=1S/C18H26O4/c19-21-17(10-3-1-4-11-17)15-8-7-9-16(14-15)18(22-20)12-5-2-6-13-18/h7-9,14,19-20H,1-6,10-13H2. The van der Waals surface area contributed by atoms with Gasteiger partial charge in [0.1, 0.15) is 11.2 Å². The average Bonchev–Trinajstić information content (AvgIpc) is 2.63. The van der Waals surface area contributed by atoms with Crippen LogP contribution in [0.15, 0.2) is 24.3 Å². The third kappa shape index (κ3) is 2.81. The summed E-state index contributed by atoms with van der Waals surface area (Å²) in [5, 5.41) is 19.1. The van der Waals surface area contributed by atoms with E-state index in [-0.39, 0.29) is 0 Å². The quantitative estimate of drug-likeness (QED) is 0.608. The van der Waals surface area contributed by atoms with E-state index in [1.54, 1.807) is 0 Å². The van der Waals surface area contributed by atoms with Gasteiger partial charge < -0.3 is 0 Å². The molecule has 0 aromatic heterocycles. The van der Waals surface area contributed by atoms with Gasteiger partial charge in [0.25, 0.3) is 0 Å². The first-order valence-electron chi connectivity index (χ1n) is 8.51. The fourth-order valence-electron chi connectivity index (χ4n) is 4.20. The first-order chi connectivity index (χ1) is 10.7. The second-order valence-electron chi connectivity index (χ2n) is 6.87. The minimum absolute atomic E-state index is 0.598. The number of hydrogen-bond acceptors (Lipinski definition) is 4. The Bertz CT molecular complexity index is 446. The van der Waals surface area contributed by atoms with Crippen molar-refractivity contribution >= 4 is 0 Å². The highest BCUT2D eigenvalue weighted by molar-refractivity contribution is 5.33. The number of benzene rings is 1. The van der Waals surface area contributed by atoms with Crippen LogP contribution in [0.25, 0.3) is 0 Å². The smallest absolute Gasteiger partial charge is 0.128 e. The third-order valence-electron chi connectivity index (χ3n) is 5.59. The third-order valence-corrected chi connectivity index (χ3v) is 5.59. The molecule has 0 saturated heterocycles.